The van der Waals surface area contributed by atoms with Gasteiger partial charge < -0.3 is 20.4 Å². The number of hydrogen-bond donors (Lipinski definition) is 2. The van der Waals surface area contributed by atoms with Crippen LogP contribution in [0.1, 0.15) is 50.8 Å². The number of aryl methyl sites for hydroxylation is 1. The number of nitrogens with one attached hydrogen (secondary N) is 2. The van der Waals surface area contributed by atoms with Crippen LogP contribution in [0.15, 0.2) is 29.3 Å². The van der Waals surface area contributed by atoms with E-state index in [2.05, 4.69) is 67.7 Å². The summed E-state index contributed by atoms with van der Waals surface area (Å²) in [6, 6.07) is 9.32. The zero-order valence-corrected chi connectivity index (χ0v) is 20.9. The molecule has 0 bridgehead atoms. The van der Waals surface area contributed by atoms with E-state index in [1.54, 1.807) is 0 Å². The van der Waals surface area contributed by atoms with E-state index in [-0.39, 0.29) is 42.0 Å². The van der Waals surface area contributed by atoms with E-state index in [0.717, 1.165) is 38.4 Å². The lowest BCUT2D eigenvalue weighted by molar-refractivity contribution is -0.129. The van der Waals surface area contributed by atoms with Gasteiger partial charge in [-0.2, -0.15) is 0 Å². The molecule has 1 heterocycles. The molecule has 2 atom stereocenters. The van der Waals surface area contributed by atoms with Crippen molar-refractivity contribution in [3.05, 3.63) is 35.4 Å². The molecule has 1 fully saturated rings. The molecular formula is C22H38IN5O. The number of hydrogen-bond acceptors (Lipinski definition) is 3. The van der Waals surface area contributed by atoms with Crippen molar-refractivity contribution >= 4 is 35.8 Å². The molecule has 0 spiro atoms. The SMILES string of the molecule is CCNC(=NCC(c1ccc(CC)cc1)N(C)C)NC1CCN(C(=O)CC)C1.I. The summed E-state index contributed by atoms with van der Waals surface area (Å²) in [7, 11) is 4.19. The van der Waals surface area contributed by atoms with Crippen molar-refractivity contribution in [1.82, 2.24) is 20.4 Å². The smallest absolute Gasteiger partial charge is 0.222 e. The Labute approximate surface area is 193 Å². The molecular weight excluding hydrogens is 477 g/mol. The Morgan fingerprint density at radius 1 is 1.24 bits per heavy atom. The average molecular weight is 515 g/mol. The Morgan fingerprint density at radius 2 is 1.93 bits per heavy atom. The van der Waals surface area contributed by atoms with Gasteiger partial charge in [-0.15, -0.1) is 24.0 Å². The van der Waals surface area contributed by atoms with Gasteiger partial charge in [-0.05, 0) is 45.0 Å². The van der Waals surface area contributed by atoms with Crippen LogP contribution < -0.4 is 10.6 Å². The van der Waals surface area contributed by atoms with Crippen LogP contribution in [0.4, 0.5) is 0 Å². The third kappa shape index (κ3) is 7.77. The van der Waals surface area contributed by atoms with Gasteiger partial charge in [0.2, 0.25) is 5.91 Å². The number of carbonyl (C=O) groups excluding carboxylic acids is 1. The second kappa shape index (κ2) is 13.1. The summed E-state index contributed by atoms with van der Waals surface area (Å²) in [6.07, 6.45) is 2.59. The van der Waals surface area contributed by atoms with E-state index in [1.807, 2.05) is 11.8 Å². The molecule has 1 aliphatic rings. The summed E-state index contributed by atoms with van der Waals surface area (Å²) >= 11 is 0. The van der Waals surface area contributed by atoms with Crippen LogP contribution >= 0.6 is 24.0 Å². The fraction of sp³-hybridized carbons (Fsp3) is 0.636. The Bertz CT molecular complexity index is 647. The molecule has 7 heteroatoms. The summed E-state index contributed by atoms with van der Waals surface area (Å²) in [6.45, 7) is 9.25. The molecule has 2 N–H and O–H groups in total. The van der Waals surface area contributed by atoms with E-state index >= 15 is 0 Å². The lowest BCUT2D eigenvalue weighted by atomic mass is 10.0. The number of nitrogens with zero attached hydrogens (tertiary/aromatic N) is 3. The number of carbonyl (C=O) groups is 1. The molecule has 0 aliphatic carbocycles. The molecule has 2 rings (SSSR count). The predicted molar refractivity (Wildman–Crippen MR) is 132 cm³/mol. The van der Waals surface area contributed by atoms with E-state index in [9.17, 15) is 4.79 Å². The maximum atomic E-state index is 11.9. The minimum absolute atomic E-state index is 0. The highest BCUT2D eigenvalue weighted by atomic mass is 127. The van der Waals surface area contributed by atoms with Gasteiger partial charge in [-0.3, -0.25) is 9.79 Å². The highest BCUT2D eigenvalue weighted by Gasteiger charge is 2.26. The third-order valence-corrected chi connectivity index (χ3v) is 5.35. The molecule has 29 heavy (non-hydrogen) atoms. The first-order valence-electron chi connectivity index (χ1n) is 10.6. The van der Waals surface area contributed by atoms with Crippen LogP contribution in [-0.2, 0) is 11.2 Å². The normalized spacial score (nSPS) is 17.8. The molecule has 0 radical (unpaired) electrons. The average Bonchev–Trinajstić information content (AvgIpc) is 3.16. The largest absolute Gasteiger partial charge is 0.357 e. The summed E-state index contributed by atoms with van der Waals surface area (Å²) < 4.78 is 0. The summed E-state index contributed by atoms with van der Waals surface area (Å²) in [4.78, 5) is 20.9. The van der Waals surface area contributed by atoms with Gasteiger partial charge in [0.25, 0.3) is 0 Å². The van der Waals surface area contributed by atoms with Crippen LogP contribution in [0.5, 0.6) is 0 Å². The first-order chi connectivity index (χ1) is 13.5. The first kappa shape index (κ1) is 25.7. The summed E-state index contributed by atoms with van der Waals surface area (Å²) in [5.41, 5.74) is 2.63. The minimum atomic E-state index is 0. The van der Waals surface area contributed by atoms with Gasteiger partial charge in [-0.1, -0.05) is 38.1 Å². The number of likely N-dealkylation sites (N-methyl/N-ethyl adjacent to an activating group) is 1. The first-order valence-corrected chi connectivity index (χ1v) is 10.6. The fourth-order valence-electron chi connectivity index (χ4n) is 3.56. The summed E-state index contributed by atoms with van der Waals surface area (Å²) in [5.74, 6) is 1.06. The predicted octanol–water partition coefficient (Wildman–Crippen LogP) is 3.04. The number of amides is 1. The molecule has 164 valence electrons. The van der Waals surface area contributed by atoms with Gasteiger partial charge in [0.05, 0.1) is 12.6 Å². The van der Waals surface area contributed by atoms with E-state index in [4.69, 9.17) is 4.99 Å². The molecule has 0 saturated carbocycles. The lowest BCUT2D eigenvalue weighted by Crippen LogP contribution is -2.45. The van der Waals surface area contributed by atoms with Crippen LogP contribution in [-0.4, -0.2) is 68.0 Å². The molecule has 1 aliphatic heterocycles. The van der Waals surface area contributed by atoms with E-state index in [1.165, 1.54) is 11.1 Å². The van der Waals surface area contributed by atoms with Crippen molar-refractivity contribution in [3.8, 4) is 0 Å². The maximum absolute atomic E-state index is 11.9. The van der Waals surface area contributed by atoms with Crippen molar-refractivity contribution < 1.29 is 4.79 Å². The third-order valence-electron chi connectivity index (χ3n) is 5.35. The van der Waals surface area contributed by atoms with Crippen LogP contribution in [0.2, 0.25) is 0 Å². The number of rotatable bonds is 8. The van der Waals surface area contributed by atoms with Crippen LogP contribution in [0.3, 0.4) is 0 Å². The van der Waals surface area contributed by atoms with Gasteiger partial charge in [-0.25, -0.2) is 0 Å². The topological polar surface area (TPSA) is 60.0 Å². The fourth-order valence-corrected chi connectivity index (χ4v) is 3.56. The number of aliphatic imine (C=N–C) groups is 1. The molecule has 1 amide bonds. The lowest BCUT2D eigenvalue weighted by Gasteiger charge is -2.24. The Morgan fingerprint density at radius 3 is 2.48 bits per heavy atom. The van der Waals surface area contributed by atoms with Crippen LogP contribution in [0, 0.1) is 0 Å². The number of benzene rings is 1. The monoisotopic (exact) mass is 515 g/mol. The Balaban J connectivity index is 0.00000420. The number of guanidine groups is 1. The second-order valence-electron chi connectivity index (χ2n) is 7.62. The highest BCUT2D eigenvalue weighted by Crippen LogP contribution is 2.19. The number of halogens is 1. The van der Waals surface area contributed by atoms with E-state index < -0.39 is 0 Å². The zero-order valence-electron chi connectivity index (χ0n) is 18.6. The van der Waals surface area contributed by atoms with Crippen molar-refractivity contribution in [3.63, 3.8) is 0 Å². The molecule has 6 nitrogen and oxygen atoms in total. The molecule has 2 unspecified atom stereocenters. The van der Waals surface area contributed by atoms with Gasteiger partial charge in [0.15, 0.2) is 5.96 Å². The minimum Gasteiger partial charge on any atom is -0.357 e. The Kier molecular flexibility index (Phi) is 11.6. The van der Waals surface area contributed by atoms with Gasteiger partial charge >= 0.3 is 0 Å². The van der Waals surface area contributed by atoms with Crippen molar-refractivity contribution in [2.75, 3.05) is 40.3 Å². The molecule has 1 aromatic carbocycles. The van der Waals surface area contributed by atoms with Crippen molar-refractivity contribution in [1.29, 1.82) is 0 Å². The van der Waals surface area contributed by atoms with E-state index in [0.29, 0.717) is 13.0 Å². The summed E-state index contributed by atoms with van der Waals surface area (Å²) in [5, 5.41) is 6.86. The zero-order chi connectivity index (χ0) is 20.5. The van der Waals surface area contributed by atoms with Gasteiger partial charge in [0, 0.05) is 32.1 Å². The van der Waals surface area contributed by atoms with Crippen LogP contribution in [0.25, 0.3) is 0 Å². The molecule has 1 aromatic rings. The Hall–Kier alpha value is -1.35. The molecule has 1 saturated heterocycles. The quantitative estimate of drug-likeness (QED) is 0.318. The maximum Gasteiger partial charge on any atom is 0.222 e. The molecule has 0 aromatic heterocycles. The van der Waals surface area contributed by atoms with Crippen molar-refractivity contribution in [2.24, 2.45) is 4.99 Å². The number of likely N-dealkylation sites (tertiary alicyclic amines) is 1. The highest BCUT2D eigenvalue weighted by molar-refractivity contribution is 14.0. The van der Waals surface area contributed by atoms with Crippen molar-refractivity contribution in [2.45, 2.75) is 52.1 Å². The second-order valence-corrected chi connectivity index (χ2v) is 7.62. The standard InChI is InChI=1S/C22H37N5O.HI/c1-6-17-9-11-18(12-10-17)20(26(4)5)15-24-22(23-8-3)25-19-13-14-27(16-19)21(28)7-2;/h9-12,19-20H,6-8,13-16H2,1-5H3,(H2,23,24,25);1H. The van der Waals surface area contributed by atoms with Gasteiger partial charge in [0.1, 0.15) is 0 Å².